The molecular formula is C24H23N5O2. The van der Waals surface area contributed by atoms with Gasteiger partial charge in [0, 0.05) is 18.1 Å². The van der Waals surface area contributed by atoms with Crippen molar-refractivity contribution in [2.24, 2.45) is 0 Å². The predicted octanol–water partition coefficient (Wildman–Crippen LogP) is 5.14. The molecule has 2 heterocycles. The van der Waals surface area contributed by atoms with E-state index in [0.29, 0.717) is 17.0 Å². The molecular weight excluding hydrogens is 390 g/mol. The summed E-state index contributed by atoms with van der Waals surface area (Å²) in [5, 5.41) is 7.42. The molecule has 0 aliphatic rings. The van der Waals surface area contributed by atoms with Gasteiger partial charge >= 0.3 is 6.01 Å². The third-order valence-corrected chi connectivity index (χ3v) is 4.74. The Labute approximate surface area is 180 Å². The lowest BCUT2D eigenvalue weighted by molar-refractivity contribution is 0.102. The van der Waals surface area contributed by atoms with E-state index in [0.717, 1.165) is 11.4 Å². The first-order valence-electron chi connectivity index (χ1n) is 10.0. The lowest BCUT2D eigenvalue weighted by Gasteiger charge is -2.13. The third kappa shape index (κ3) is 4.61. The number of hydrogen-bond acceptors (Lipinski definition) is 5. The molecule has 0 aliphatic heterocycles. The van der Waals surface area contributed by atoms with E-state index in [2.05, 4.69) is 34.2 Å². The van der Waals surface area contributed by atoms with Gasteiger partial charge in [-0.15, -0.1) is 0 Å². The highest BCUT2D eigenvalue weighted by Gasteiger charge is 2.21. The van der Waals surface area contributed by atoms with Gasteiger partial charge in [0.2, 0.25) is 0 Å². The van der Waals surface area contributed by atoms with Crippen molar-refractivity contribution in [1.29, 1.82) is 0 Å². The van der Waals surface area contributed by atoms with Crippen molar-refractivity contribution in [1.82, 2.24) is 19.7 Å². The van der Waals surface area contributed by atoms with Gasteiger partial charge in [0.15, 0.2) is 0 Å². The highest BCUT2D eigenvalue weighted by molar-refractivity contribution is 6.05. The van der Waals surface area contributed by atoms with Crippen molar-refractivity contribution in [2.75, 3.05) is 5.32 Å². The number of carbonyl (C=O) groups excluding carboxylic acids is 1. The maximum atomic E-state index is 13.0. The molecule has 4 rings (SSSR count). The van der Waals surface area contributed by atoms with Crippen LogP contribution in [0.2, 0.25) is 0 Å². The Morgan fingerprint density at radius 2 is 1.68 bits per heavy atom. The summed E-state index contributed by atoms with van der Waals surface area (Å²) in [6.45, 7) is 6.14. The molecule has 0 atom stereocenters. The van der Waals surface area contributed by atoms with Crippen LogP contribution in [0.5, 0.6) is 11.8 Å². The summed E-state index contributed by atoms with van der Waals surface area (Å²) in [6.07, 6.45) is 4.84. The van der Waals surface area contributed by atoms with Crippen molar-refractivity contribution in [3.63, 3.8) is 0 Å². The summed E-state index contributed by atoms with van der Waals surface area (Å²) in [4.78, 5) is 21.1. The van der Waals surface area contributed by atoms with E-state index < -0.39 is 0 Å². The van der Waals surface area contributed by atoms with Crippen LogP contribution in [0.4, 0.5) is 5.69 Å². The number of hydrogen-bond donors (Lipinski definition) is 1. The normalized spacial score (nSPS) is 10.8. The minimum Gasteiger partial charge on any atom is -0.424 e. The van der Waals surface area contributed by atoms with E-state index in [4.69, 9.17) is 4.74 Å². The average Bonchev–Trinajstić information content (AvgIpc) is 3.22. The summed E-state index contributed by atoms with van der Waals surface area (Å²) < 4.78 is 7.42. The van der Waals surface area contributed by atoms with E-state index in [1.165, 1.54) is 5.56 Å². The highest BCUT2D eigenvalue weighted by Crippen LogP contribution is 2.25. The quantitative estimate of drug-likeness (QED) is 0.473. The van der Waals surface area contributed by atoms with Crippen LogP contribution in [-0.2, 0) is 0 Å². The zero-order valence-electron chi connectivity index (χ0n) is 17.6. The van der Waals surface area contributed by atoms with Crippen LogP contribution in [0.25, 0.3) is 5.69 Å². The maximum Gasteiger partial charge on any atom is 0.321 e. The van der Waals surface area contributed by atoms with Crippen LogP contribution in [0.1, 0.15) is 41.4 Å². The van der Waals surface area contributed by atoms with Gasteiger partial charge in [-0.05, 0) is 55.3 Å². The molecule has 31 heavy (non-hydrogen) atoms. The first-order valence-corrected chi connectivity index (χ1v) is 10.0. The Kier molecular flexibility index (Phi) is 5.75. The van der Waals surface area contributed by atoms with Crippen LogP contribution < -0.4 is 10.1 Å². The third-order valence-electron chi connectivity index (χ3n) is 4.74. The molecule has 0 spiro atoms. The average molecular weight is 413 g/mol. The molecule has 0 saturated carbocycles. The SMILES string of the molecule is Cc1ccc(-n2ncc(C(=O)Nc3ccc(Oc4ncccn4)cc3)c2C(C)C)cc1. The minimum atomic E-state index is -0.206. The Hall–Kier alpha value is -4.00. The van der Waals surface area contributed by atoms with Gasteiger partial charge in [0.1, 0.15) is 5.75 Å². The molecule has 1 amide bonds. The number of aromatic nitrogens is 4. The number of rotatable bonds is 6. The van der Waals surface area contributed by atoms with Crippen LogP contribution in [0.3, 0.4) is 0 Å². The molecule has 2 aromatic heterocycles. The Bertz CT molecular complexity index is 1170. The zero-order valence-corrected chi connectivity index (χ0v) is 17.6. The zero-order chi connectivity index (χ0) is 21.8. The first kappa shape index (κ1) is 20.3. The van der Waals surface area contributed by atoms with Crippen molar-refractivity contribution in [3.05, 3.63) is 90.0 Å². The number of aryl methyl sites for hydroxylation is 1. The second-order valence-electron chi connectivity index (χ2n) is 7.46. The van der Waals surface area contributed by atoms with Gasteiger partial charge in [0.05, 0.1) is 23.1 Å². The van der Waals surface area contributed by atoms with Crippen molar-refractivity contribution in [2.45, 2.75) is 26.7 Å². The minimum absolute atomic E-state index is 0.117. The second-order valence-corrected chi connectivity index (χ2v) is 7.46. The molecule has 0 saturated heterocycles. The lowest BCUT2D eigenvalue weighted by Crippen LogP contribution is -2.15. The van der Waals surface area contributed by atoms with Gasteiger partial charge in [0.25, 0.3) is 5.91 Å². The number of benzene rings is 2. The molecule has 7 nitrogen and oxygen atoms in total. The predicted molar refractivity (Wildman–Crippen MR) is 119 cm³/mol. The summed E-state index contributed by atoms with van der Waals surface area (Å²) in [5.74, 6) is 0.493. The van der Waals surface area contributed by atoms with Gasteiger partial charge in [-0.1, -0.05) is 31.5 Å². The molecule has 0 unspecified atom stereocenters. The van der Waals surface area contributed by atoms with Gasteiger partial charge in [-0.3, -0.25) is 4.79 Å². The highest BCUT2D eigenvalue weighted by atomic mass is 16.5. The topological polar surface area (TPSA) is 81.9 Å². The number of nitrogens with one attached hydrogen (secondary N) is 1. The van der Waals surface area contributed by atoms with E-state index >= 15 is 0 Å². The van der Waals surface area contributed by atoms with Gasteiger partial charge in [-0.25, -0.2) is 14.6 Å². The Morgan fingerprint density at radius 3 is 2.32 bits per heavy atom. The molecule has 1 N–H and O–H groups in total. The first-order chi connectivity index (χ1) is 15.0. The van der Waals surface area contributed by atoms with Crippen LogP contribution in [0, 0.1) is 6.92 Å². The van der Waals surface area contributed by atoms with Crippen LogP contribution in [0.15, 0.2) is 73.2 Å². The number of carbonyl (C=O) groups is 1. The summed E-state index contributed by atoms with van der Waals surface area (Å²) in [7, 11) is 0. The summed E-state index contributed by atoms with van der Waals surface area (Å²) in [5.41, 5.74) is 4.17. The molecule has 7 heteroatoms. The molecule has 0 bridgehead atoms. The maximum absolute atomic E-state index is 13.0. The standard InChI is InChI=1S/C24H23N5O2/c1-16(2)22-21(15-27-29(22)19-9-5-17(3)6-10-19)23(30)28-18-7-11-20(12-8-18)31-24-25-13-4-14-26-24/h4-16H,1-3H3,(H,28,30). The fourth-order valence-corrected chi connectivity index (χ4v) is 3.23. The molecule has 156 valence electrons. The number of ether oxygens (including phenoxy) is 1. The number of nitrogens with zero attached hydrogens (tertiary/aromatic N) is 4. The van der Waals surface area contributed by atoms with Crippen LogP contribution >= 0.6 is 0 Å². The fourth-order valence-electron chi connectivity index (χ4n) is 3.23. The van der Waals surface area contributed by atoms with E-state index in [9.17, 15) is 4.79 Å². The fraction of sp³-hybridized carbons (Fsp3) is 0.167. The van der Waals surface area contributed by atoms with Crippen molar-refractivity contribution < 1.29 is 9.53 Å². The van der Waals surface area contributed by atoms with Gasteiger partial charge < -0.3 is 10.1 Å². The Balaban J connectivity index is 1.52. The van der Waals surface area contributed by atoms with E-state index in [-0.39, 0.29) is 17.8 Å². The summed E-state index contributed by atoms with van der Waals surface area (Å²) >= 11 is 0. The van der Waals surface area contributed by atoms with Crippen molar-refractivity contribution in [3.8, 4) is 17.4 Å². The van der Waals surface area contributed by atoms with E-state index in [1.54, 1.807) is 48.9 Å². The number of amides is 1. The summed E-state index contributed by atoms with van der Waals surface area (Å²) in [6, 6.07) is 17.1. The van der Waals surface area contributed by atoms with Crippen molar-refractivity contribution >= 4 is 11.6 Å². The number of anilines is 1. The van der Waals surface area contributed by atoms with Gasteiger partial charge in [-0.2, -0.15) is 5.10 Å². The Morgan fingerprint density at radius 1 is 1.00 bits per heavy atom. The molecule has 0 aliphatic carbocycles. The second kappa shape index (κ2) is 8.79. The molecule has 4 aromatic rings. The molecule has 0 fully saturated rings. The van der Waals surface area contributed by atoms with Crippen LogP contribution in [-0.4, -0.2) is 25.7 Å². The molecule has 2 aromatic carbocycles. The lowest BCUT2D eigenvalue weighted by atomic mass is 10.0. The van der Waals surface area contributed by atoms with E-state index in [1.807, 2.05) is 35.9 Å². The monoisotopic (exact) mass is 413 g/mol. The smallest absolute Gasteiger partial charge is 0.321 e. The molecule has 0 radical (unpaired) electrons. The largest absolute Gasteiger partial charge is 0.424 e.